The van der Waals surface area contributed by atoms with Gasteiger partial charge in [0.05, 0.1) is 56.5 Å². The number of aliphatic carboxylic acids is 2. The van der Waals surface area contributed by atoms with Crippen molar-refractivity contribution in [3.8, 4) is 5.75 Å². The quantitative estimate of drug-likeness (QED) is 0.0255. The van der Waals surface area contributed by atoms with Gasteiger partial charge >= 0.3 is 11.9 Å². The first-order valence-electron chi connectivity index (χ1n) is 31.9. The Bertz CT molecular complexity index is 3400. The van der Waals surface area contributed by atoms with E-state index in [0.717, 1.165) is 49.4 Å². The highest BCUT2D eigenvalue weighted by atomic mass is 32.2. The highest BCUT2D eigenvalue weighted by molar-refractivity contribution is 7.89. The number of fused-ring (bicyclic) bond motifs is 1. The average Bonchev–Trinajstić information content (AvgIpc) is 0.851. The van der Waals surface area contributed by atoms with E-state index in [2.05, 4.69) is 65.0 Å². The number of pyridine rings is 1. The monoisotopic (exact) mass is 1330 g/mol. The van der Waals surface area contributed by atoms with Crippen molar-refractivity contribution in [3.63, 3.8) is 0 Å². The molecule has 2 aromatic heterocycles. The Labute approximate surface area is 549 Å². The number of aromatic amines is 1. The van der Waals surface area contributed by atoms with Crippen LogP contribution in [0, 0.1) is 20.8 Å². The molecular weight excluding hydrogens is 1230 g/mol. The summed E-state index contributed by atoms with van der Waals surface area (Å²) in [4.78, 5) is 106. The molecule has 5 aromatic rings. The van der Waals surface area contributed by atoms with E-state index in [1.165, 1.54) is 32.2 Å². The van der Waals surface area contributed by atoms with E-state index in [0.29, 0.717) is 128 Å². The molecule has 2 atom stereocenters. The molecule has 1 unspecified atom stereocenters. The highest BCUT2D eigenvalue weighted by Gasteiger charge is 2.30. The molecule has 3 aromatic carbocycles. The Hall–Kier alpha value is -7.87. The van der Waals surface area contributed by atoms with Crippen LogP contribution in [0.4, 0.5) is 5.95 Å². The molecule has 1 saturated heterocycles. The predicted molar refractivity (Wildman–Crippen MR) is 354 cm³/mol. The van der Waals surface area contributed by atoms with Crippen molar-refractivity contribution in [2.24, 2.45) is 7.05 Å². The van der Waals surface area contributed by atoms with Crippen molar-refractivity contribution >= 4 is 62.4 Å². The zero-order valence-corrected chi connectivity index (χ0v) is 55.8. The van der Waals surface area contributed by atoms with E-state index >= 15 is 0 Å². The summed E-state index contributed by atoms with van der Waals surface area (Å²) >= 11 is 0. The number of aryl methyl sites for hydroxylation is 4. The molecule has 0 bridgehead atoms. The van der Waals surface area contributed by atoms with Gasteiger partial charge in [-0.05, 0) is 100 Å². The smallest absolute Gasteiger partial charge is 0.323 e. The molecule has 28 nitrogen and oxygen atoms in total. The summed E-state index contributed by atoms with van der Waals surface area (Å²) in [6.07, 6.45) is 6.62. The van der Waals surface area contributed by atoms with Gasteiger partial charge in [-0.2, -0.15) is 4.72 Å². The molecule has 9 N–H and O–H groups in total. The second kappa shape index (κ2) is 39.1. The standard InChI is InChI=1S/C65H95N13O15S/c1-7-76-24-22-74(5)23-25-77(28-29-78(27-26-76)45-59(81)82)44-58(80)72-54(39-49-14-12-46(2)13-15-49)63(85)67-19-10-31-91-34-36-92-35-33-90-30-9-18-66-57(79)11-8-32-93-51-37-47(3)61(48(4)38-51)94(88,89)73-55(64(86)87)42-70-62(84)53-43-75(6)56-40-50(16-17-52(56)60(53)83)41-71-65-68-20-21-69-65/h12-17,20-21,37-38,40,43,54-55,73H,7-11,18-19,22-36,39,41-42,44-45H2,1-6H3,(H,66,79)(H,67,85)(H,70,84)(H,72,80)(H,81,82)(H,86,87)(H2,68,69,71)/t54-,55?/m1/s1. The van der Waals surface area contributed by atoms with Crippen LogP contribution < -0.4 is 41.5 Å². The highest BCUT2D eigenvalue weighted by Crippen LogP contribution is 2.26. The summed E-state index contributed by atoms with van der Waals surface area (Å²) in [5.41, 5.74) is 3.11. The van der Waals surface area contributed by atoms with Gasteiger partial charge in [0.2, 0.25) is 33.2 Å². The minimum atomic E-state index is -4.46. The predicted octanol–water partition coefficient (Wildman–Crippen LogP) is 1.87. The number of carboxylic acids is 2. The van der Waals surface area contributed by atoms with Crippen molar-refractivity contribution in [1.82, 2.24) is 60.1 Å². The maximum atomic E-state index is 13.7. The zero-order valence-electron chi connectivity index (χ0n) is 55.0. The van der Waals surface area contributed by atoms with Crippen LogP contribution in [0.25, 0.3) is 10.9 Å². The van der Waals surface area contributed by atoms with Crippen LogP contribution in [0.1, 0.15) is 70.8 Å². The number of rotatable bonds is 38. The number of sulfonamides is 1. The maximum Gasteiger partial charge on any atom is 0.323 e. The minimum Gasteiger partial charge on any atom is -0.494 e. The van der Waals surface area contributed by atoms with Gasteiger partial charge < -0.3 is 75.1 Å². The molecule has 0 aliphatic carbocycles. The van der Waals surface area contributed by atoms with Gasteiger partial charge in [-0.25, -0.2) is 13.4 Å². The number of imidazole rings is 1. The summed E-state index contributed by atoms with van der Waals surface area (Å²) in [7, 11) is -0.734. The van der Waals surface area contributed by atoms with E-state index in [4.69, 9.17) is 18.9 Å². The zero-order chi connectivity index (χ0) is 68.0. The molecule has 3 heterocycles. The lowest BCUT2D eigenvalue weighted by atomic mass is 10.0. The molecule has 516 valence electrons. The number of carbonyl (C=O) groups excluding carboxylic acids is 4. The second-order valence-electron chi connectivity index (χ2n) is 23.4. The molecule has 6 rings (SSSR count). The maximum absolute atomic E-state index is 13.7. The van der Waals surface area contributed by atoms with Crippen molar-refractivity contribution in [1.29, 1.82) is 0 Å². The number of nitrogens with one attached hydrogen (secondary N) is 7. The van der Waals surface area contributed by atoms with Gasteiger partial charge in [-0.15, -0.1) is 0 Å². The van der Waals surface area contributed by atoms with Crippen LogP contribution in [0.2, 0.25) is 0 Å². The second-order valence-corrected chi connectivity index (χ2v) is 25.0. The lowest BCUT2D eigenvalue weighted by Crippen LogP contribution is -2.52. The number of H-pyrrole nitrogens is 1. The lowest BCUT2D eigenvalue weighted by Gasteiger charge is -2.32. The molecule has 0 radical (unpaired) electrons. The van der Waals surface area contributed by atoms with E-state index in [1.54, 1.807) is 42.2 Å². The molecule has 0 saturated carbocycles. The number of likely N-dealkylation sites (N-methyl/N-ethyl adjacent to an activating group) is 2. The van der Waals surface area contributed by atoms with Gasteiger partial charge in [0.15, 0.2) is 5.95 Å². The van der Waals surface area contributed by atoms with Crippen molar-refractivity contribution in [2.45, 2.75) is 83.3 Å². The number of amides is 4. The fourth-order valence-electron chi connectivity index (χ4n) is 10.5. The summed E-state index contributed by atoms with van der Waals surface area (Å²) < 4.78 is 53.9. The van der Waals surface area contributed by atoms with Crippen LogP contribution in [-0.4, -0.2) is 245 Å². The third kappa shape index (κ3) is 25.8. The molecule has 94 heavy (non-hydrogen) atoms. The number of nitrogens with zero attached hydrogens (tertiary/aromatic N) is 6. The first-order valence-corrected chi connectivity index (χ1v) is 33.4. The number of benzene rings is 3. The number of ether oxygens (including phenoxy) is 4. The van der Waals surface area contributed by atoms with Crippen LogP contribution in [0.5, 0.6) is 5.75 Å². The average molecular weight is 1330 g/mol. The number of aromatic nitrogens is 3. The number of carbonyl (C=O) groups is 6. The van der Waals surface area contributed by atoms with Crippen LogP contribution in [0.3, 0.4) is 0 Å². The normalized spacial score (nSPS) is 14.7. The third-order valence-corrected chi connectivity index (χ3v) is 17.6. The van der Waals surface area contributed by atoms with Crippen LogP contribution >= 0.6 is 0 Å². The fourth-order valence-corrected chi connectivity index (χ4v) is 12.2. The molecule has 1 fully saturated rings. The lowest BCUT2D eigenvalue weighted by molar-refractivity contribution is -0.139. The Morgan fingerprint density at radius 1 is 0.691 bits per heavy atom. The molecule has 4 amide bonds. The van der Waals surface area contributed by atoms with E-state index in [-0.39, 0.29) is 70.8 Å². The van der Waals surface area contributed by atoms with E-state index in [1.807, 2.05) is 41.0 Å². The Kier molecular flexibility index (Phi) is 31.3. The number of carboxylic acid groups (broad SMARTS) is 2. The fraction of sp³-hybridized carbons (Fsp3) is 0.538. The van der Waals surface area contributed by atoms with Gasteiger partial charge in [0.25, 0.3) is 5.91 Å². The number of hydrogen-bond acceptors (Lipinski definition) is 19. The Morgan fingerprint density at radius 2 is 1.30 bits per heavy atom. The van der Waals surface area contributed by atoms with Crippen molar-refractivity contribution in [2.75, 3.05) is 150 Å². The SMILES string of the molecule is CCN1CCN(C)CCN(CC(=O)N[C@H](Cc2ccc(C)cc2)C(=O)NCCCOCCOCCOCCCNC(=O)CCCOc2cc(C)c(S(=O)(=O)NC(CNC(=O)c3cn(C)c4cc(CNc5ncc[nH]5)ccc4c3=O)C(=O)O)c(C)c2)CCN(CC(=O)O)CC1. The van der Waals surface area contributed by atoms with Crippen molar-refractivity contribution in [3.05, 3.63) is 117 Å². The molecule has 1 aliphatic rings. The topological polar surface area (TPSA) is 350 Å². The van der Waals surface area contributed by atoms with E-state index in [9.17, 15) is 52.2 Å². The van der Waals surface area contributed by atoms with Crippen LogP contribution in [-0.2, 0) is 68.2 Å². The molecule has 1 aliphatic heterocycles. The third-order valence-electron chi connectivity index (χ3n) is 15.8. The number of anilines is 1. The summed E-state index contributed by atoms with van der Waals surface area (Å²) in [5.74, 6) is -3.15. The molecular formula is C65H95N13O15S. The van der Waals surface area contributed by atoms with Gasteiger partial charge in [0.1, 0.15) is 23.4 Å². The first-order chi connectivity index (χ1) is 45.1. The summed E-state index contributed by atoms with van der Waals surface area (Å²) in [6, 6.07) is 13.4. The van der Waals surface area contributed by atoms with Gasteiger partial charge in [-0.3, -0.25) is 43.4 Å². The van der Waals surface area contributed by atoms with Gasteiger partial charge in [0, 0.05) is 136 Å². The molecule has 29 heteroatoms. The Balaban J connectivity index is 0.805. The van der Waals surface area contributed by atoms with Gasteiger partial charge in [-0.1, -0.05) is 42.8 Å². The van der Waals surface area contributed by atoms with Crippen molar-refractivity contribution < 1.29 is 66.3 Å². The van der Waals surface area contributed by atoms with Crippen LogP contribution in [0.15, 0.2) is 82.9 Å². The largest absolute Gasteiger partial charge is 0.494 e. The minimum absolute atomic E-state index is 0.0653. The summed E-state index contributed by atoms with van der Waals surface area (Å²) in [5, 5.41) is 34.2. The Morgan fingerprint density at radius 3 is 1.93 bits per heavy atom. The molecule has 0 spiro atoms. The number of hydrogen-bond donors (Lipinski definition) is 9. The summed E-state index contributed by atoms with van der Waals surface area (Å²) in [6.45, 7) is 16.3. The van der Waals surface area contributed by atoms with E-state index < -0.39 is 51.9 Å². The first kappa shape index (κ1) is 75.2.